The Morgan fingerprint density at radius 1 is 0.423 bits per heavy atom. The maximum absolute atomic E-state index is 4.26. The summed E-state index contributed by atoms with van der Waals surface area (Å²) in [6, 6.07) is 24.3. The topological polar surface area (TPSA) is 0 Å². The van der Waals surface area contributed by atoms with E-state index in [1.54, 1.807) is 0 Å². The van der Waals surface area contributed by atoms with Crippen molar-refractivity contribution < 1.29 is 0 Å². The first-order valence-corrected chi connectivity index (χ1v) is 9.57. The van der Waals surface area contributed by atoms with E-state index >= 15 is 0 Å². The van der Waals surface area contributed by atoms with E-state index in [1.165, 1.54) is 11.1 Å². The Morgan fingerprint density at radius 2 is 0.654 bits per heavy atom. The largest absolute Gasteiger partial charge is 0.175 e. The predicted molar refractivity (Wildman–Crippen MR) is 117 cm³/mol. The highest BCUT2D eigenvalue weighted by Gasteiger charge is 1.92. The lowest BCUT2D eigenvalue weighted by molar-refractivity contribution is 1.42. The quantitative estimate of drug-likeness (QED) is 0.441. The van der Waals surface area contributed by atoms with Gasteiger partial charge in [0.2, 0.25) is 0 Å². The minimum atomic E-state index is 0.746. The van der Waals surface area contributed by atoms with Crippen LogP contribution in [0.5, 0.6) is 0 Å². The molecule has 0 spiro atoms. The van der Waals surface area contributed by atoms with Gasteiger partial charge in [-0.3, -0.25) is 0 Å². The summed E-state index contributed by atoms with van der Waals surface area (Å²) in [6.07, 6.45) is 0. The molecule has 0 aromatic heterocycles. The van der Waals surface area contributed by atoms with Crippen molar-refractivity contribution in [3.63, 3.8) is 0 Å². The molecule has 0 bridgehead atoms. The summed E-state index contributed by atoms with van der Waals surface area (Å²) < 4.78 is 0. The van der Waals surface area contributed by atoms with Crippen LogP contribution in [0.15, 0.2) is 72.8 Å². The molecule has 0 nitrogen and oxygen atoms in total. The van der Waals surface area contributed by atoms with Gasteiger partial charge in [0.25, 0.3) is 0 Å². The van der Waals surface area contributed by atoms with Crippen LogP contribution in [0, 0.1) is 23.7 Å². The van der Waals surface area contributed by atoms with Gasteiger partial charge >= 0.3 is 0 Å². The monoisotopic (exact) mass is 370 g/mol. The Balaban J connectivity index is 1.68. The van der Waals surface area contributed by atoms with Gasteiger partial charge in [0.1, 0.15) is 0 Å². The normalized spacial score (nSPS) is 9.62. The number of hydrogen-bond acceptors (Lipinski definition) is 2. The Labute approximate surface area is 166 Å². The van der Waals surface area contributed by atoms with Gasteiger partial charge in [-0.1, -0.05) is 47.9 Å². The van der Waals surface area contributed by atoms with E-state index in [9.17, 15) is 0 Å². The molecular weight excluding hydrogens is 352 g/mol. The smallest absolute Gasteiger partial charge is 0.0249 e. The van der Waals surface area contributed by atoms with Gasteiger partial charge in [-0.2, -0.15) is 25.3 Å². The molecule has 3 aromatic rings. The highest BCUT2D eigenvalue weighted by atomic mass is 32.1. The molecule has 0 atom stereocenters. The number of hydrogen-bond donors (Lipinski definition) is 2. The molecule has 0 N–H and O–H groups in total. The third kappa shape index (κ3) is 5.24. The third-order valence-electron chi connectivity index (χ3n) is 3.86. The van der Waals surface area contributed by atoms with Crippen LogP contribution in [-0.4, -0.2) is 0 Å². The molecule has 0 radical (unpaired) electrons. The first-order chi connectivity index (χ1) is 12.8. The molecule has 126 valence electrons. The molecule has 3 aromatic carbocycles. The second kappa shape index (κ2) is 9.25. The average molecular weight is 371 g/mol. The summed E-state index contributed by atoms with van der Waals surface area (Å²) in [4.78, 5) is 0. The standard InChI is InChI=1S/C24H18S2/c25-17-23-13-9-21(10-14-23)7-5-19-1-2-20(4-3-19)6-8-22-11-15-24(18-26)16-12-22/h1-4,9-16,25-26H,17-18H2. The molecule has 0 saturated heterocycles. The fourth-order valence-corrected chi connectivity index (χ4v) is 2.73. The van der Waals surface area contributed by atoms with Crippen LogP contribution >= 0.6 is 25.3 Å². The van der Waals surface area contributed by atoms with E-state index in [-0.39, 0.29) is 0 Å². The fourth-order valence-electron chi connectivity index (χ4n) is 2.31. The maximum Gasteiger partial charge on any atom is 0.0249 e. The minimum Gasteiger partial charge on any atom is -0.175 e. The summed E-state index contributed by atoms with van der Waals surface area (Å²) in [5.74, 6) is 14.2. The molecular formula is C24H18S2. The summed E-state index contributed by atoms with van der Waals surface area (Å²) in [7, 11) is 0. The molecule has 0 amide bonds. The number of benzene rings is 3. The van der Waals surface area contributed by atoms with Gasteiger partial charge in [-0.15, -0.1) is 0 Å². The van der Waals surface area contributed by atoms with Crippen molar-refractivity contribution in [2.24, 2.45) is 0 Å². The lowest BCUT2D eigenvalue weighted by Crippen LogP contribution is -1.81. The van der Waals surface area contributed by atoms with Crippen molar-refractivity contribution in [3.05, 3.63) is 106 Å². The molecule has 26 heavy (non-hydrogen) atoms. The summed E-state index contributed by atoms with van der Waals surface area (Å²) >= 11 is 8.53. The van der Waals surface area contributed by atoms with E-state index in [2.05, 4.69) is 73.2 Å². The third-order valence-corrected chi connectivity index (χ3v) is 4.59. The van der Waals surface area contributed by atoms with Crippen LogP contribution in [0.4, 0.5) is 0 Å². The number of thiol groups is 2. The molecule has 3 rings (SSSR count). The Bertz CT molecular complexity index is 891. The minimum absolute atomic E-state index is 0.746. The van der Waals surface area contributed by atoms with Crippen LogP contribution in [0.3, 0.4) is 0 Å². The van der Waals surface area contributed by atoms with Crippen molar-refractivity contribution >= 4 is 25.3 Å². The molecule has 0 fully saturated rings. The molecule has 0 aliphatic heterocycles. The first kappa shape index (κ1) is 18.3. The van der Waals surface area contributed by atoms with Crippen molar-refractivity contribution in [3.8, 4) is 23.7 Å². The highest BCUT2D eigenvalue weighted by Crippen LogP contribution is 2.08. The molecule has 0 aliphatic rings. The molecule has 0 unspecified atom stereocenters. The summed E-state index contributed by atoms with van der Waals surface area (Å²) in [5.41, 5.74) is 6.36. The Hall–Kier alpha value is -2.52. The van der Waals surface area contributed by atoms with E-state index in [1.807, 2.05) is 48.5 Å². The maximum atomic E-state index is 4.26. The average Bonchev–Trinajstić information content (AvgIpc) is 2.72. The molecule has 2 heteroatoms. The lowest BCUT2D eigenvalue weighted by atomic mass is 10.1. The van der Waals surface area contributed by atoms with Gasteiger partial charge < -0.3 is 0 Å². The molecule has 0 heterocycles. The van der Waals surface area contributed by atoms with E-state index in [0.29, 0.717) is 0 Å². The van der Waals surface area contributed by atoms with Crippen LogP contribution < -0.4 is 0 Å². The van der Waals surface area contributed by atoms with E-state index in [4.69, 9.17) is 0 Å². The summed E-state index contributed by atoms with van der Waals surface area (Å²) in [6.45, 7) is 0. The van der Waals surface area contributed by atoms with Crippen molar-refractivity contribution in [2.45, 2.75) is 11.5 Å². The second-order valence-corrected chi connectivity index (χ2v) is 6.42. The first-order valence-electron chi connectivity index (χ1n) is 8.30. The Kier molecular flexibility index (Phi) is 6.50. The van der Waals surface area contributed by atoms with Crippen molar-refractivity contribution in [1.82, 2.24) is 0 Å². The van der Waals surface area contributed by atoms with Crippen LogP contribution in [0.25, 0.3) is 0 Å². The zero-order valence-electron chi connectivity index (χ0n) is 14.2. The van der Waals surface area contributed by atoms with Crippen LogP contribution in [-0.2, 0) is 11.5 Å². The van der Waals surface area contributed by atoms with E-state index < -0.39 is 0 Å². The van der Waals surface area contributed by atoms with Crippen LogP contribution in [0.1, 0.15) is 33.4 Å². The van der Waals surface area contributed by atoms with Gasteiger partial charge in [0, 0.05) is 33.8 Å². The second-order valence-electron chi connectivity index (χ2n) is 5.79. The zero-order chi connectivity index (χ0) is 18.2. The van der Waals surface area contributed by atoms with Gasteiger partial charge in [0.05, 0.1) is 0 Å². The van der Waals surface area contributed by atoms with Crippen molar-refractivity contribution in [2.75, 3.05) is 0 Å². The van der Waals surface area contributed by atoms with Gasteiger partial charge in [-0.25, -0.2) is 0 Å². The SMILES string of the molecule is SCc1ccc(C#Cc2ccc(C#Cc3ccc(CS)cc3)cc2)cc1. The highest BCUT2D eigenvalue weighted by molar-refractivity contribution is 7.79. The lowest BCUT2D eigenvalue weighted by Gasteiger charge is -1.96. The number of rotatable bonds is 2. The van der Waals surface area contributed by atoms with Crippen molar-refractivity contribution in [1.29, 1.82) is 0 Å². The molecule has 0 aliphatic carbocycles. The van der Waals surface area contributed by atoms with Gasteiger partial charge in [-0.05, 0) is 59.7 Å². The molecule has 0 saturated carbocycles. The van der Waals surface area contributed by atoms with Gasteiger partial charge in [0.15, 0.2) is 0 Å². The van der Waals surface area contributed by atoms with E-state index in [0.717, 1.165) is 33.8 Å². The predicted octanol–water partition coefficient (Wildman–Crippen LogP) is 5.35. The Morgan fingerprint density at radius 3 is 0.885 bits per heavy atom. The summed E-state index contributed by atoms with van der Waals surface area (Å²) in [5, 5.41) is 0. The fraction of sp³-hybridized carbons (Fsp3) is 0.0833. The van der Waals surface area contributed by atoms with Crippen LogP contribution in [0.2, 0.25) is 0 Å². The zero-order valence-corrected chi connectivity index (χ0v) is 16.0.